The molecule has 0 spiro atoms. The minimum atomic E-state index is -3.52. The second-order valence-electron chi connectivity index (χ2n) is 7.46. The second kappa shape index (κ2) is 9.23. The van der Waals surface area contributed by atoms with Crippen molar-refractivity contribution in [1.29, 1.82) is 0 Å². The van der Waals surface area contributed by atoms with Gasteiger partial charge in [0.1, 0.15) is 4.21 Å². The number of aryl methyl sites for hydroxylation is 1. The number of nitrogens with one attached hydrogen (secondary N) is 1. The average Bonchev–Trinajstić information content (AvgIpc) is 3.27. The average molecular weight is 470 g/mol. The highest BCUT2D eigenvalue weighted by Gasteiger charge is 2.31. The summed E-state index contributed by atoms with van der Waals surface area (Å²) in [5.41, 5.74) is 1.64. The number of rotatable bonds is 5. The summed E-state index contributed by atoms with van der Waals surface area (Å²) in [5, 5.41) is 2.81. The van der Waals surface area contributed by atoms with E-state index >= 15 is 0 Å². The summed E-state index contributed by atoms with van der Waals surface area (Å²) in [6, 6.07) is 19.0. The molecule has 0 saturated carbocycles. The summed E-state index contributed by atoms with van der Waals surface area (Å²) in [6.07, 6.45) is 0. The van der Waals surface area contributed by atoms with Crippen molar-refractivity contribution in [2.45, 2.75) is 11.1 Å². The molecular formula is C23H23N3O4S2. The molecule has 3 aromatic rings. The van der Waals surface area contributed by atoms with Crippen molar-refractivity contribution < 1.29 is 18.0 Å². The molecule has 2 amide bonds. The summed E-state index contributed by atoms with van der Waals surface area (Å²) in [7, 11) is -3.52. The van der Waals surface area contributed by atoms with Crippen LogP contribution in [0.1, 0.15) is 25.6 Å². The van der Waals surface area contributed by atoms with Crippen LogP contribution in [-0.2, 0) is 10.0 Å². The van der Waals surface area contributed by atoms with Gasteiger partial charge in [-0.25, -0.2) is 8.42 Å². The van der Waals surface area contributed by atoms with Crippen molar-refractivity contribution in [2.24, 2.45) is 0 Å². The van der Waals surface area contributed by atoms with Crippen LogP contribution in [0.4, 0.5) is 5.69 Å². The Morgan fingerprint density at radius 2 is 1.50 bits per heavy atom. The first-order valence-corrected chi connectivity index (χ1v) is 12.4. The molecule has 9 heteroatoms. The molecular weight excluding hydrogens is 446 g/mol. The Morgan fingerprint density at radius 3 is 2.09 bits per heavy atom. The number of hydrogen-bond donors (Lipinski definition) is 1. The lowest BCUT2D eigenvalue weighted by molar-refractivity contribution is 0.0698. The number of piperazine rings is 1. The van der Waals surface area contributed by atoms with Gasteiger partial charge in [0.2, 0.25) is 0 Å². The Bertz CT molecular complexity index is 1210. The maximum absolute atomic E-state index is 12.9. The minimum absolute atomic E-state index is 0.157. The van der Waals surface area contributed by atoms with Crippen LogP contribution in [0.15, 0.2) is 70.9 Å². The maximum Gasteiger partial charge on any atom is 0.255 e. The molecule has 1 aliphatic heterocycles. The van der Waals surface area contributed by atoms with Gasteiger partial charge in [0.25, 0.3) is 21.8 Å². The summed E-state index contributed by atoms with van der Waals surface area (Å²) in [4.78, 5) is 27.7. The molecule has 1 N–H and O–H groups in total. The monoisotopic (exact) mass is 469 g/mol. The Hall–Kier alpha value is -3.01. The number of hydrogen-bond acceptors (Lipinski definition) is 5. The van der Waals surface area contributed by atoms with Gasteiger partial charge in [0.05, 0.1) is 0 Å². The lowest BCUT2D eigenvalue weighted by Gasteiger charge is -2.33. The molecule has 2 aromatic carbocycles. The van der Waals surface area contributed by atoms with Crippen LogP contribution in [0.25, 0.3) is 0 Å². The van der Waals surface area contributed by atoms with Gasteiger partial charge in [-0.1, -0.05) is 18.2 Å². The summed E-state index contributed by atoms with van der Waals surface area (Å²) in [5.74, 6) is -0.377. The number of thiophene rings is 1. The second-order valence-corrected chi connectivity index (χ2v) is 10.9. The molecule has 1 fully saturated rings. The molecule has 7 nitrogen and oxygen atoms in total. The molecule has 0 bridgehead atoms. The van der Waals surface area contributed by atoms with Crippen LogP contribution >= 0.6 is 11.3 Å². The van der Waals surface area contributed by atoms with Crippen molar-refractivity contribution in [3.63, 3.8) is 0 Å². The smallest absolute Gasteiger partial charge is 0.255 e. The number of nitrogens with zero attached hydrogens (tertiary/aromatic N) is 2. The lowest BCUT2D eigenvalue weighted by atomic mass is 10.1. The summed E-state index contributed by atoms with van der Waals surface area (Å²) < 4.78 is 27.3. The Kier molecular flexibility index (Phi) is 6.40. The molecule has 0 radical (unpaired) electrons. The molecule has 2 heterocycles. The largest absolute Gasteiger partial charge is 0.336 e. The van der Waals surface area contributed by atoms with Crippen molar-refractivity contribution in [3.8, 4) is 0 Å². The van der Waals surface area contributed by atoms with Gasteiger partial charge in [-0.05, 0) is 55.5 Å². The van der Waals surface area contributed by atoms with E-state index in [1.807, 2.05) is 13.0 Å². The van der Waals surface area contributed by atoms with Crippen LogP contribution < -0.4 is 5.32 Å². The van der Waals surface area contributed by atoms with Gasteiger partial charge in [-0.3, -0.25) is 9.59 Å². The molecule has 0 unspecified atom stereocenters. The van der Waals surface area contributed by atoms with E-state index in [2.05, 4.69) is 5.32 Å². The van der Waals surface area contributed by atoms with E-state index in [0.29, 0.717) is 34.1 Å². The first-order valence-electron chi connectivity index (χ1n) is 10.2. The summed E-state index contributed by atoms with van der Waals surface area (Å²) in [6.45, 7) is 3.05. The van der Waals surface area contributed by atoms with Crippen molar-refractivity contribution >= 4 is 38.9 Å². The van der Waals surface area contributed by atoms with E-state index < -0.39 is 10.0 Å². The van der Waals surface area contributed by atoms with Crippen LogP contribution in [0.5, 0.6) is 0 Å². The molecule has 1 saturated heterocycles. The fraction of sp³-hybridized carbons (Fsp3) is 0.217. The van der Waals surface area contributed by atoms with Gasteiger partial charge < -0.3 is 10.2 Å². The minimum Gasteiger partial charge on any atom is -0.336 e. The molecule has 0 aliphatic carbocycles. The van der Waals surface area contributed by atoms with Crippen LogP contribution in [0.2, 0.25) is 0 Å². The standard InChI is InChI=1S/C23H23N3O4S2/c1-17-7-12-21(31-17)32(29,30)26-15-13-25(14-16-26)23(28)19-8-10-20(11-9-19)24-22(27)18-5-3-2-4-6-18/h2-12H,13-16H2,1H3,(H,24,27). The fourth-order valence-corrected chi connectivity index (χ4v) is 6.34. The summed E-state index contributed by atoms with van der Waals surface area (Å²) >= 11 is 1.26. The quantitative estimate of drug-likeness (QED) is 0.620. The third-order valence-electron chi connectivity index (χ3n) is 5.26. The van der Waals surface area contributed by atoms with Crippen molar-refractivity contribution in [1.82, 2.24) is 9.21 Å². The van der Waals surface area contributed by atoms with Gasteiger partial charge in [0, 0.05) is 47.9 Å². The topological polar surface area (TPSA) is 86.8 Å². The highest BCUT2D eigenvalue weighted by Crippen LogP contribution is 2.25. The molecule has 0 atom stereocenters. The van der Waals surface area contributed by atoms with E-state index in [0.717, 1.165) is 4.88 Å². The number of anilines is 1. The van der Waals surface area contributed by atoms with Crippen molar-refractivity contribution in [2.75, 3.05) is 31.5 Å². The highest BCUT2D eigenvalue weighted by molar-refractivity contribution is 7.91. The molecule has 1 aromatic heterocycles. The first-order chi connectivity index (χ1) is 15.3. The normalized spacial score (nSPS) is 14.8. The van der Waals surface area contributed by atoms with E-state index in [4.69, 9.17) is 0 Å². The van der Waals surface area contributed by atoms with Gasteiger partial charge >= 0.3 is 0 Å². The van der Waals surface area contributed by atoms with Crippen LogP contribution in [-0.4, -0.2) is 55.6 Å². The lowest BCUT2D eigenvalue weighted by Crippen LogP contribution is -2.50. The number of amides is 2. The number of sulfonamides is 1. The SMILES string of the molecule is Cc1ccc(S(=O)(=O)N2CCN(C(=O)c3ccc(NC(=O)c4ccccc4)cc3)CC2)s1. The molecule has 32 heavy (non-hydrogen) atoms. The van der Waals surface area contributed by atoms with Gasteiger partial charge in [-0.15, -0.1) is 11.3 Å². The number of carbonyl (C=O) groups is 2. The first kappa shape index (κ1) is 22.2. The van der Waals surface area contributed by atoms with E-state index in [9.17, 15) is 18.0 Å². The fourth-order valence-electron chi connectivity index (χ4n) is 3.48. The van der Waals surface area contributed by atoms with E-state index in [1.165, 1.54) is 15.6 Å². The third-order valence-corrected chi connectivity index (χ3v) is 8.63. The van der Waals surface area contributed by atoms with Crippen LogP contribution in [0, 0.1) is 6.92 Å². The van der Waals surface area contributed by atoms with Crippen LogP contribution in [0.3, 0.4) is 0 Å². The van der Waals surface area contributed by atoms with Crippen molar-refractivity contribution in [3.05, 3.63) is 82.7 Å². The Labute approximate surface area is 191 Å². The zero-order valence-electron chi connectivity index (χ0n) is 17.5. The zero-order valence-corrected chi connectivity index (χ0v) is 19.2. The molecule has 166 valence electrons. The predicted octanol–water partition coefficient (Wildman–Crippen LogP) is 3.46. The maximum atomic E-state index is 12.9. The van der Waals surface area contributed by atoms with E-state index in [1.54, 1.807) is 65.6 Å². The van der Waals surface area contributed by atoms with E-state index in [-0.39, 0.29) is 24.9 Å². The molecule has 4 rings (SSSR count). The molecule has 1 aliphatic rings. The predicted molar refractivity (Wildman–Crippen MR) is 125 cm³/mol. The number of carbonyl (C=O) groups excluding carboxylic acids is 2. The highest BCUT2D eigenvalue weighted by atomic mass is 32.2. The third kappa shape index (κ3) is 4.74. The Morgan fingerprint density at radius 1 is 0.844 bits per heavy atom. The number of benzene rings is 2. The zero-order chi connectivity index (χ0) is 22.7. The van der Waals surface area contributed by atoms with Gasteiger partial charge in [0.15, 0.2) is 0 Å². The Balaban J connectivity index is 1.35. The van der Waals surface area contributed by atoms with Gasteiger partial charge in [-0.2, -0.15) is 4.31 Å².